The van der Waals surface area contributed by atoms with Crippen molar-refractivity contribution in [3.8, 4) is 0 Å². The van der Waals surface area contributed by atoms with Crippen molar-refractivity contribution in [3.05, 3.63) is 0 Å². The van der Waals surface area contributed by atoms with Crippen molar-refractivity contribution in [1.29, 1.82) is 0 Å². The minimum absolute atomic E-state index is 0.193. The molecule has 1 rings (SSSR count). The predicted molar refractivity (Wildman–Crippen MR) is 93.1 cm³/mol. The Morgan fingerprint density at radius 3 is 1.47 bits per heavy atom. The zero-order valence-electron chi connectivity index (χ0n) is 12.8. The van der Waals surface area contributed by atoms with Gasteiger partial charge in [-0.1, -0.05) is 49.3 Å². The molecule has 0 atom stereocenters. The first kappa shape index (κ1) is 17.1. The maximum Gasteiger partial charge on any atom is 0.0605 e. The Hall–Kier alpha value is 0.0400. The number of rotatable bonds is 4. The minimum Gasteiger partial charge on any atom is -0.296 e. The summed E-state index contributed by atoms with van der Waals surface area (Å²) < 4.78 is 0.386. The molecule has 1 heterocycles. The summed E-state index contributed by atoms with van der Waals surface area (Å²) in [6, 6.07) is 0. The molecule has 0 spiro atoms. The van der Waals surface area contributed by atoms with Crippen LogP contribution >= 0.6 is 21.6 Å². The Bertz CT molecular complexity index is 275. The van der Waals surface area contributed by atoms with Gasteiger partial charge in [0.15, 0.2) is 0 Å². The molecule has 0 saturated carbocycles. The van der Waals surface area contributed by atoms with Crippen LogP contribution < -0.4 is 0 Å². The first-order chi connectivity index (χ1) is 9.16. The van der Waals surface area contributed by atoms with Crippen LogP contribution in [0.5, 0.6) is 0 Å². The van der Waals surface area contributed by atoms with Crippen LogP contribution in [0.15, 0.2) is 9.98 Å². The van der Waals surface area contributed by atoms with Crippen molar-refractivity contribution >= 4 is 34.0 Å². The molecule has 1 aliphatic rings. The standard InChI is InChI=1S/C15H28N2S2/c1-5-14(6-2)12-16-10-9-11-17-13-15(7-3,8-4)19-18-14/h12-13H,5-11H2,1-4H3. The summed E-state index contributed by atoms with van der Waals surface area (Å²) in [5.41, 5.74) is 0. The number of nitrogens with zero attached hydrogens (tertiary/aromatic N) is 2. The summed E-state index contributed by atoms with van der Waals surface area (Å²) in [5.74, 6) is 0. The molecule has 0 aromatic rings. The third kappa shape index (κ3) is 4.82. The summed E-state index contributed by atoms with van der Waals surface area (Å²) in [4.78, 5) is 9.27. The minimum atomic E-state index is 0.193. The summed E-state index contributed by atoms with van der Waals surface area (Å²) in [6.45, 7) is 10.9. The van der Waals surface area contributed by atoms with E-state index in [0.29, 0.717) is 0 Å². The van der Waals surface area contributed by atoms with Gasteiger partial charge in [0.05, 0.1) is 9.49 Å². The molecule has 0 aliphatic carbocycles. The van der Waals surface area contributed by atoms with Gasteiger partial charge in [-0.25, -0.2) is 0 Å². The smallest absolute Gasteiger partial charge is 0.0605 e. The molecular weight excluding hydrogens is 272 g/mol. The third-order valence-corrected chi connectivity index (χ3v) is 8.35. The van der Waals surface area contributed by atoms with Crippen LogP contribution in [0.3, 0.4) is 0 Å². The lowest BCUT2D eigenvalue weighted by Gasteiger charge is -2.32. The molecule has 0 N–H and O–H groups in total. The van der Waals surface area contributed by atoms with Crippen molar-refractivity contribution in [2.24, 2.45) is 9.98 Å². The normalized spacial score (nSPS) is 22.9. The molecule has 110 valence electrons. The van der Waals surface area contributed by atoms with E-state index in [9.17, 15) is 0 Å². The molecule has 4 heteroatoms. The topological polar surface area (TPSA) is 24.7 Å². The SMILES string of the molecule is CCC1(CC)C=NCCCN=CC(CC)(CC)SS1. The van der Waals surface area contributed by atoms with Crippen LogP contribution in [-0.4, -0.2) is 35.0 Å². The molecule has 0 aromatic heterocycles. The van der Waals surface area contributed by atoms with E-state index < -0.39 is 0 Å². The maximum absolute atomic E-state index is 4.64. The van der Waals surface area contributed by atoms with Gasteiger partial charge in [0, 0.05) is 25.5 Å². The molecule has 0 fully saturated rings. The van der Waals surface area contributed by atoms with Gasteiger partial charge in [-0.3, -0.25) is 9.98 Å². The average molecular weight is 301 g/mol. The van der Waals surface area contributed by atoms with E-state index in [1.54, 1.807) is 0 Å². The van der Waals surface area contributed by atoms with E-state index in [0.717, 1.165) is 45.2 Å². The van der Waals surface area contributed by atoms with Crippen molar-refractivity contribution in [1.82, 2.24) is 0 Å². The molecule has 0 bridgehead atoms. The fourth-order valence-corrected chi connectivity index (χ4v) is 5.73. The number of aliphatic imine (C=N–C) groups is 2. The monoisotopic (exact) mass is 300 g/mol. The lowest BCUT2D eigenvalue weighted by atomic mass is 10.0. The summed E-state index contributed by atoms with van der Waals surface area (Å²) in [6.07, 6.45) is 10.1. The van der Waals surface area contributed by atoms with E-state index >= 15 is 0 Å². The van der Waals surface area contributed by atoms with Crippen LogP contribution in [0.25, 0.3) is 0 Å². The van der Waals surface area contributed by atoms with Crippen LogP contribution in [0, 0.1) is 0 Å². The van der Waals surface area contributed by atoms with Gasteiger partial charge in [-0.2, -0.15) is 0 Å². The molecule has 0 unspecified atom stereocenters. The van der Waals surface area contributed by atoms with Gasteiger partial charge in [0.2, 0.25) is 0 Å². The Balaban J connectivity index is 2.94. The Kier molecular flexibility index (Phi) is 7.52. The largest absolute Gasteiger partial charge is 0.296 e. The van der Waals surface area contributed by atoms with E-state index in [1.165, 1.54) is 0 Å². The fourth-order valence-electron chi connectivity index (χ4n) is 2.02. The third-order valence-electron chi connectivity index (χ3n) is 3.99. The highest BCUT2D eigenvalue weighted by molar-refractivity contribution is 8.78. The molecule has 0 amide bonds. The van der Waals surface area contributed by atoms with E-state index in [2.05, 4.69) is 50.1 Å². The van der Waals surface area contributed by atoms with Crippen molar-refractivity contribution < 1.29 is 0 Å². The van der Waals surface area contributed by atoms with Crippen molar-refractivity contribution in [3.63, 3.8) is 0 Å². The van der Waals surface area contributed by atoms with Crippen LogP contribution in [0.2, 0.25) is 0 Å². The van der Waals surface area contributed by atoms with E-state index in [4.69, 9.17) is 0 Å². The van der Waals surface area contributed by atoms with Gasteiger partial charge in [-0.15, -0.1) is 0 Å². The maximum atomic E-state index is 4.64. The highest BCUT2D eigenvalue weighted by Gasteiger charge is 2.32. The zero-order valence-corrected chi connectivity index (χ0v) is 14.4. The van der Waals surface area contributed by atoms with Crippen LogP contribution in [-0.2, 0) is 0 Å². The fraction of sp³-hybridized carbons (Fsp3) is 0.867. The lowest BCUT2D eigenvalue weighted by Crippen LogP contribution is -2.28. The molecule has 0 radical (unpaired) electrons. The van der Waals surface area contributed by atoms with E-state index in [1.807, 2.05) is 21.6 Å². The van der Waals surface area contributed by atoms with Gasteiger partial charge in [0.25, 0.3) is 0 Å². The second-order valence-corrected chi connectivity index (χ2v) is 8.09. The van der Waals surface area contributed by atoms with Gasteiger partial charge in [0.1, 0.15) is 0 Å². The second kappa shape index (κ2) is 8.35. The number of hydrogen-bond acceptors (Lipinski definition) is 4. The summed E-state index contributed by atoms with van der Waals surface area (Å²) in [5, 5.41) is 0. The van der Waals surface area contributed by atoms with E-state index in [-0.39, 0.29) is 9.49 Å². The van der Waals surface area contributed by atoms with Crippen molar-refractivity contribution in [2.45, 2.75) is 69.3 Å². The second-order valence-electron chi connectivity index (χ2n) is 5.13. The Morgan fingerprint density at radius 2 is 1.16 bits per heavy atom. The first-order valence-corrected chi connectivity index (χ1v) is 9.69. The molecular formula is C15H28N2S2. The molecule has 0 saturated heterocycles. The van der Waals surface area contributed by atoms with Gasteiger partial charge in [-0.05, 0) is 32.1 Å². The van der Waals surface area contributed by atoms with Gasteiger partial charge < -0.3 is 0 Å². The Labute approximate surface area is 126 Å². The summed E-state index contributed by atoms with van der Waals surface area (Å²) in [7, 11) is 4.02. The molecule has 1 aliphatic heterocycles. The predicted octanol–water partition coefficient (Wildman–Crippen LogP) is 5.03. The quantitative estimate of drug-likeness (QED) is 0.680. The lowest BCUT2D eigenvalue weighted by molar-refractivity contribution is 0.702. The van der Waals surface area contributed by atoms with Crippen LogP contribution in [0.4, 0.5) is 0 Å². The van der Waals surface area contributed by atoms with Crippen molar-refractivity contribution in [2.75, 3.05) is 13.1 Å². The number of hydrogen-bond donors (Lipinski definition) is 0. The molecule has 19 heavy (non-hydrogen) atoms. The average Bonchev–Trinajstić information content (AvgIpc) is 2.51. The van der Waals surface area contributed by atoms with Crippen LogP contribution in [0.1, 0.15) is 59.8 Å². The van der Waals surface area contributed by atoms with Gasteiger partial charge >= 0.3 is 0 Å². The highest BCUT2D eigenvalue weighted by Crippen LogP contribution is 2.48. The summed E-state index contributed by atoms with van der Waals surface area (Å²) >= 11 is 0. The Morgan fingerprint density at radius 1 is 0.789 bits per heavy atom. The molecule has 0 aromatic carbocycles. The highest BCUT2D eigenvalue weighted by atomic mass is 33.1. The first-order valence-electron chi connectivity index (χ1n) is 7.54. The zero-order chi connectivity index (χ0) is 14.2. The molecule has 2 nitrogen and oxygen atoms in total.